The molecule has 1 aromatic carbocycles. The van der Waals surface area contributed by atoms with E-state index in [2.05, 4.69) is 30.0 Å². The number of anilines is 1. The fraction of sp³-hybridized carbons (Fsp3) is 0.438. The molecule has 0 spiro atoms. The van der Waals surface area contributed by atoms with Gasteiger partial charge in [0.05, 0.1) is 13.0 Å². The summed E-state index contributed by atoms with van der Waals surface area (Å²) in [6.45, 7) is 6.28. The summed E-state index contributed by atoms with van der Waals surface area (Å²) < 4.78 is 4.75. The van der Waals surface area contributed by atoms with Crippen molar-refractivity contribution in [3.63, 3.8) is 0 Å². The van der Waals surface area contributed by atoms with Gasteiger partial charge in [0, 0.05) is 12.1 Å². The Kier molecular flexibility index (Phi) is 8.04. The highest BCUT2D eigenvalue weighted by molar-refractivity contribution is 7.80. The molecule has 1 rings (SSSR count). The summed E-state index contributed by atoms with van der Waals surface area (Å²) >= 11 is 5.09. The lowest BCUT2D eigenvalue weighted by Gasteiger charge is -2.12. The molecule has 0 aliphatic carbocycles. The largest absolute Gasteiger partial charge is 0.466 e. The van der Waals surface area contributed by atoms with Gasteiger partial charge in [-0.05, 0) is 42.8 Å². The second kappa shape index (κ2) is 9.78. The lowest BCUT2D eigenvalue weighted by molar-refractivity contribution is -0.144. The number of benzene rings is 1. The Balaban J connectivity index is 2.31. The standard InChI is InChI=1S/C16H23N3O3S/c1-4-22-15(21)10-9-14(20)18-19-16(23)17-13-7-5-12(6-8-13)11(2)3/h5-8,11H,4,9-10H2,1-3H3,(H,18,20)(H2,17,19,23). The fourth-order valence-corrected chi connectivity index (χ4v) is 1.92. The van der Waals surface area contributed by atoms with Crippen molar-refractivity contribution in [2.75, 3.05) is 11.9 Å². The van der Waals surface area contributed by atoms with Crippen molar-refractivity contribution in [2.24, 2.45) is 0 Å². The summed E-state index contributed by atoms with van der Waals surface area (Å²) in [5.74, 6) is -0.265. The van der Waals surface area contributed by atoms with Crippen molar-refractivity contribution < 1.29 is 14.3 Å². The highest BCUT2D eigenvalue weighted by Gasteiger charge is 2.07. The van der Waals surface area contributed by atoms with Crippen LogP contribution < -0.4 is 16.2 Å². The first-order valence-electron chi connectivity index (χ1n) is 7.53. The van der Waals surface area contributed by atoms with E-state index in [1.54, 1.807) is 6.92 Å². The Labute approximate surface area is 141 Å². The van der Waals surface area contributed by atoms with Gasteiger partial charge in [-0.2, -0.15) is 0 Å². The smallest absolute Gasteiger partial charge is 0.306 e. The maximum Gasteiger partial charge on any atom is 0.306 e. The maximum atomic E-state index is 11.6. The molecule has 0 aliphatic rings. The Bertz CT molecular complexity index is 544. The zero-order valence-electron chi connectivity index (χ0n) is 13.6. The summed E-state index contributed by atoms with van der Waals surface area (Å²) in [5, 5.41) is 3.23. The molecule has 0 radical (unpaired) electrons. The van der Waals surface area contributed by atoms with E-state index in [-0.39, 0.29) is 23.9 Å². The second-order valence-electron chi connectivity index (χ2n) is 5.21. The fourth-order valence-electron chi connectivity index (χ4n) is 1.75. The predicted molar refractivity (Wildman–Crippen MR) is 93.9 cm³/mol. The van der Waals surface area contributed by atoms with E-state index in [0.717, 1.165) is 5.69 Å². The minimum absolute atomic E-state index is 0.0392. The zero-order valence-corrected chi connectivity index (χ0v) is 14.5. The molecule has 6 nitrogen and oxygen atoms in total. The molecule has 0 aliphatic heterocycles. The normalized spacial score (nSPS) is 10.1. The quantitative estimate of drug-likeness (QED) is 0.420. The molecule has 0 fully saturated rings. The van der Waals surface area contributed by atoms with E-state index in [1.165, 1.54) is 5.56 Å². The van der Waals surface area contributed by atoms with Crippen molar-refractivity contribution in [1.82, 2.24) is 10.9 Å². The van der Waals surface area contributed by atoms with E-state index in [9.17, 15) is 9.59 Å². The van der Waals surface area contributed by atoms with Gasteiger partial charge in [0.1, 0.15) is 0 Å². The monoisotopic (exact) mass is 337 g/mol. The predicted octanol–water partition coefficient (Wildman–Crippen LogP) is 2.47. The Morgan fingerprint density at radius 2 is 1.78 bits per heavy atom. The molecule has 7 heteroatoms. The van der Waals surface area contributed by atoms with Crippen LogP contribution in [-0.2, 0) is 14.3 Å². The van der Waals surface area contributed by atoms with E-state index < -0.39 is 5.97 Å². The Morgan fingerprint density at radius 3 is 2.35 bits per heavy atom. The third-order valence-electron chi connectivity index (χ3n) is 3.01. The average molecular weight is 337 g/mol. The molecule has 0 heterocycles. The van der Waals surface area contributed by atoms with Crippen LogP contribution in [0, 0.1) is 0 Å². The summed E-state index contributed by atoms with van der Waals surface area (Å²) in [6.07, 6.45) is 0.0791. The van der Waals surface area contributed by atoms with Crippen LogP contribution in [0.5, 0.6) is 0 Å². The number of ether oxygens (including phenoxy) is 1. The van der Waals surface area contributed by atoms with Gasteiger partial charge in [0.2, 0.25) is 5.91 Å². The molecular weight excluding hydrogens is 314 g/mol. The molecule has 0 saturated heterocycles. The van der Waals surface area contributed by atoms with Crippen LogP contribution in [0.3, 0.4) is 0 Å². The molecular formula is C16H23N3O3S. The van der Waals surface area contributed by atoms with Crippen molar-refractivity contribution in [3.05, 3.63) is 29.8 Å². The van der Waals surface area contributed by atoms with Crippen LogP contribution in [0.15, 0.2) is 24.3 Å². The van der Waals surface area contributed by atoms with E-state index in [1.807, 2.05) is 24.3 Å². The number of hydrogen-bond acceptors (Lipinski definition) is 4. The molecule has 1 aromatic rings. The van der Waals surface area contributed by atoms with Crippen LogP contribution in [-0.4, -0.2) is 23.6 Å². The van der Waals surface area contributed by atoms with Gasteiger partial charge in [-0.1, -0.05) is 26.0 Å². The highest BCUT2D eigenvalue weighted by Crippen LogP contribution is 2.16. The third-order valence-corrected chi connectivity index (χ3v) is 3.22. The highest BCUT2D eigenvalue weighted by atomic mass is 32.1. The van der Waals surface area contributed by atoms with E-state index >= 15 is 0 Å². The van der Waals surface area contributed by atoms with Crippen molar-refractivity contribution in [3.8, 4) is 0 Å². The first-order chi connectivity index (χ1) is 10.9. The number of carbonyl (C=O) groups excluding carboxylic acids is 2. The zero-order chi connectivity index (χ0) is 17.2. The number of amides is 1. The molecule has 0 saturated carbocycles. The SMILES string of the molecule is CCOC(=O)CCC(=O)NNC(=S)Nc1ccc(C(C)C)cc1. The first-order valence-corrected chi connectivity index (χ1v) is 7.94. The molecule has 1 amide bonds. The molecule has 0 bridgehead atoms. The molecule has 23 heavy (non-hydrogen) atoms. The van der Waals surface area contributed by atoms with Gasteiger partial charge < -0.3 is 10.1 Å². The van der Waals surface area contributed by atoms with Crippen molar-refractivity contribution in [2.45, 2.75) is 39.5 Å². The lowest BCUT2D eigenvalue weighted by Crippen LogP contribution is -2.43. The van der Waals surface area contributed by atoms with Crippen molar-refractivity contribution in [1.29, 1.82) is 0 Å². The molecule has 0 aromatic heterocycles. The van der Waals surface area contributed by atoms with E-state index in [4.69, 9.17) is 17.0 Å². The van der Waals surface area contributed by atoms with Crippen LogP contribution in [0.4, 0.5) is 5.69 Å². The Hall–Kier alpha value is -2.15. The van der Waals surface area contributed by atoms with Crippen molar-refractivity contribution >= 4 is 34.9 Å². The summed E-state index contributed by atoms with van der Waals surface area (Å²) in [7, 11) is 0. The second-order valence-corrected chi connectivity index (χ2v) is 5.62. The summed E-state index contributed by atoms with van der Waals surface area (Å²) in [4.78, 5) is 22.7. The number of nitrogens with one attached hydrogen (secondary N) is 3. The minimum atomic E-state index is -0.395. The van der Waals surface area contributed by atoms with Crippen LogP contribution in [0.1, 0.15) is 45.1 Å². The van der Waals surface area contributed by atoms with Gasteiger partial charge in [0.25, 0.3) is 0 Å². The lowest BCUT2D eigenvalue weighted by atomic mass is 10.0. The van der Waals surface area contributed by atoms with Crippen LogP contribution >= 0.6 is 12.2 Å². The van der Waals surface area contributed by atoms with Gasteiger partial charge >= 0.3 is 5.97 Å². The number of hydrazine groups is 1. The molecule has 3 N–H and O–H groups in total. The summed E-state index contributed by atoms with van der Waals surface area (Å²) in [6, 6.07) is 7.89. The third kappa shape index (κ3) is 7.60. The topological polar surface area (TPSA) is 79.5 Å². The first kappa shape index (κ1) is 18.9. The van der Waals surface area contributed by atoms with Gasteiger partial charge in [-0.25, -0.2) is 0 Å². The minimum Gasteiger partial charge on any atom is -0.466 e. The maximum absolute atomic E-state index is 11.6. The molecule has 0 atom stereocenters. The number of rotatable bonds is 6. The number of esters is 1. The van der Waals surface area contributed by atoms with E-state index in [0.29, 0.717) is 12.5 Å². The number of carbonyl (C=O) groups is 2. The number of hydrogen-bond donors (Lipinski definition) is 3. The average Bonchev–Trinajstić information content (AvgIpc) is 2.51. The van der Waals surface area contributed by atoms with Gasteiger partial charge in [0.15, 0.2) is 5.11 Å². The molecule has 126 valence electrons. The van der Waals surface area contributed by atoms with Gasteiger partial charge in [-0.3, -0.25) is 20.4 Å². The summed E-state index contributed by atoms with van der Waals surface area (Å²) in [5.41, 5.74) is 7.09. The Morgan fingerprint density at radius 1 is 1.13 bits per heavy atom. The van der Waals surface area contributed by atoms with Crippen LogP contribution in [0.25, 0.3) is 0 Å². The molecule has 0 unspecified atom stereocenters. The van der Waals surface area contributed by atoms with Crippen LogP contribution in [0.2, 0.25) is 0 Å². The van der Waals surface area contributed by atoms with Gasteiger partial charge in [-0.15, -0.1) is 0 Å². The number of thiocarbonyl (C=S) groups is 1.